The lowest BCUT2D eigenvalue weighted by Gasteiger charge is -2.19. The number of nitrogens with zero attached hydrogens (tertiary/aromatic N) is 2. The molecule has 3 heteroatoms. The zero-order valence-electron chi connectivity index (χ0n) is 13.2. The monoisotopic (exact) mass is 283 g/mol. The minimum Gasteiger partial charge on any atom is -0.370 e. The number of rotatable bonds is 7. The summed E-state index contributed by atoms with van der Waals surface area (Å²) in [6.07, 6.45) is 3.73. The fourth-order valence-electron chi connectivity index (χ4n) is 2.23. The zero-order valence-corrected chi connectivity index (χ0v) is 13.2. The average Bonchev–Trinajstić information content (AvgIpc) is 2.48. The van der Waals surface area contributed by atoms with Crippen molar-refractivity contribution in [2.75, 3.05) is 18.5 Å². The summed E-state index contributed by atoms with van der Waals surface area (Å²) in [5.74, 6) is 0.690. The van der Waals surface area contributed by atoms with Crippen LogP contribution in [-0.2, 0) is 13.1 Å². The lowest BCUT2D eigenvalue weighted by Crippen LogP contribution is -2.19. The maximum absolute atomic E-state index is 4.16. The molecule has 0 unspecified atom stereocenters. The number of hydrogen-bond donors (Lipinski definition) is 1. The lowest BCUT2D eigenvalue weighted by molar-refractivity contribution is 0.552. The van der Waals surface area contributed by atoms with Crippen molar-refractivity contribution in [2.45, 2.75) is 26.9 Å². The molecule has 112 valence electrons. The molecule has 0 radical (unpaired) electrons. The van der Waals surface area contributed by atoms with Crippen molar-refractivity contribution in [2.24, 2.45) is 5.92 Å². The van der Waals surface area contributed by atoms with Gasteiger partial charge in [0.25, 0.3) is 0 Å². The third kappa shape index (κ3) is 5.20. The summed E-state index contributed by atoms with van der Waals surface area (Å²) in [4.78, 5) is 6.40. The quantitative estimate of drug-likeness (QED) is 0.843. The number of benzene rings is 1. The van der Waals surface area contributed by atoms with Gasteiger partial charge in [-0.1, -0.05) is 32.0 Å². The molecule has 0 aliphatic rings. The Kier molecular flexibility index (Phi) is 5.76. The smallest absolute Gasteiger partial charge is 0.0441 e. The molecule has 1 aromatic heterocycles. The molecule has 1 aromatic carbocycles. The van der Waals surface area contributed by atoms with Crippen LogP contribution in [0, 0.1) is 5.92 Å². The maximum Gasteiger partial charge on any atom is 0.0441 e. The van der Waals surface area contributed by atoms with Crippen molar-refractivity contribution >= 4 is 5.69 Å². The second-order valence-electron chi connectivity index (χ2n) is 5.91. The number of pyridine rings is 1. The first-order valence-electron chi connectivity index (χ1n) is 7.55. The second kappa shape index (κ2) is 7.79. The SMILES string of the molecule is CC(C)CNCc1ccc(N(C)Cc2cccnc2)cc1. The van der Waals surface area contributed by atoms with Gasteiger partial charge in [0.2, 0.25) is 0 Å². The van der Waals surface area contributed by atoms with E-state index >= 15 is 0 Å². The summed E-state index contributed by atoms with van der Waals surface area (Å²) >= 11 is 0. The van der Waals surface area contributed by atoms with Gasteiger partial charge in [0.1, 0.15) is 0 Å². The molecule has 0 atom stereocenters. The Labute approximate surface area is 128 Å². The summed E-state index contributed by atoms with van der Waals surface area (Å²) in [5, 5.41) is 3.47. The molecule has 21 heavy (non-hydrogen) atoms. The van der Waals surface area contributed by atoms with E-state index in [-0.39, 0.29) is 0 Å². The van der Waals surface area contributed by atoms with Crippen LogP contribution in [0.5, 0.6) is 0 Å². The van der Waals surface area contributed by atoms with Crippen molar-refractivity contribution in [1.29, 1.82) is 0 Å². The predicted molar refractivity (Wildman–Crippen MR) is 89.3 cm³/mol. The van der Waals surface area contributed by atoms with E-state index in [1.54, 1.807) is 0 Å². The van der Waals surface area contributed by atoms with E-state index in [1.165, 1.54) is 16.8 Å². The molecule has 2 aromatic rings. The predicted octanol–water partition coefficient (Wildman–Crippen LogP) is 3.46. The topological polar surface area (TPSA) is 28.2 Å². The van der Waals surface area contributed by atoms with Crippen LogP contribution in [0.3, 0.4) is 0 Å². The first kappa shape index (κ1) is 15.5. The lowest BCUT2D eigenvalue weighted by atomic mass is 10.1. The molecular formula is C18H25N3. The second-order valence-corrected chi connectivity index (χ2v) is 5.91. The van der Waals surface area contributed by atoms with Crippen LogP contribution in [0.25, 0.3) is 0 Å². The van der Waals surface area contributed by atoms with Crippen LogP contribution in [0.15, 0.2) is 48.8 Å². The number of nitrogens with one attached hydrogen (secondary N) is 1. The van der Waals surface area contributed by atoms with E-state index in [1.807, 2.05) is 18.5 Å². The minimum atomic E-state index is 0.690. The normalized spacial score (nSPS) is 10.9. The van der Waals surface area contributed by atoms with Gasteiger partial charge in [0, 0.05) is 38.2 Å². The number of anilines is 1. The molecule has 0 saturated carbocycles. The Hall–Kier alpha value is -1.87. The molecule has 1 heterocycles. The summed E-state index contributed by atoms with van der Waals surface area (Å²) in [5.41, 5.74) is 3.78. The Morgan fingerprint density at radius 1 is 1.10 bits per heavy atom. The van der Waals surface area contributed by atoms with Crippen molar-refractivity contribution in [1.82, 2.24) is 10.3 Å². The molecule has 1 N–H and O–H groups in total. The molecule has 2 rings (SSSR count). The third-order valence-electron chi connectivity index (χ3n) is 3.40. The zero-order chi connectivity index (χ0) is 15.1. The van der Waals surface area contributed by atoms with E-state index < -0.39 is 0 Å². The summed E-state index contributed by atoms with van der Waals surface area (Å²) in [6, 6.07) is 12.8. The molecule has 0 fully saturated rings. The van der Waals surface area contributed by atoms with Gasteiger partial charge < -0.3 is 10.2 Å². The number of aromatic nitrogens is 1. The van der Waals surface area contributed by atoms with E-state index in [0.29, 0.717) is 5.92 Å². The highest BCUT2D eigenvalue weighted by atomic mass is 15.1. The Bertz CT molecular complexity index is 520. The first-order valence-corrected chi connectivity index (χ1v) is 7.55. The summed E-state index contributed by atoms with van der Waals surface area (Å²) < 4.78 is 0. The van der Waals surface area contributed by atoms with Crippen molar-refractivity contribution < 1.29 is 0 Å². The Morgan fingerprint density at radius 2 is 1.86 bits per heavy atom. The molecule has 3 nitrogen and oxygen atoms in total. The van der Waals surface area contributed by atoms with Crippen molar-refractivity contribution in [3.05, 3.63) is 59.9 Å². The van der Waals surface area contributed by atoms with Crippen molar-refractivity contribution in [3.8, 4) is 0 Å². The van der Waals surface area contributed by atoms with Gasteiger partial charge in [-0.25, -0.2) is 0 Å². The van der Waals surface area contributed by atoms with Gasteiger partial charge in [-0.2, -0.15) is 0 Å². The van der Waals surface area contributed by atoms with E-state index in [0.717, 1.165) is 19.6 Å². The van der Waals surface area contributed by atoms with Gasteiger partial charge in [-0.15, -0.1) is 0 Å². The van der Waals surface area contributed by atoms with Crippen LogP contribution in [-0.4, -0.2) is 18.6 Å². The highest BCUT2D eigenvalue weighted by molar-refractivity contribution is 5.47. The van der Waals surface area contributed by atoms with Gasteiger partial charge >= 0.3 is 0 Å². The molecule has 0 aliphatic carbocycles. The van der Waals surface area contributed by atoms with Crippen LogP contribution < -0.4 is 10.2 Å². The van der Waals surface area contributed by atoms with Crippen LogP contribution in [0.4, 0.5) is 5.69 Å². The highest BCUT2D eigenvalue weighted by Crippen LogP contribution is 2.16. The summed E-state index contributed by atoms with van der Waals surface area (Å²) in [7, 11) is 2.11. The third-order valence-corrected chi connectivity index (χ3v) is 3.40. The maximum atomic E-state index is 4.16. The largest absolute Gasteiger partial charge is 0.370 e. The fourth-order valence-corrected chi connectivity index (χ4v) is 2.23. The standard InChI is InChI=1S/C18H25N3/c1-15(2)11-20-12-16-6-8-18(9-7-16)21(3)14-17-5-4-10-19-13-17/h4-10,13,15,20H,11-12,14H2,1-3H3. The number of hydrogen-bond acceptors (Lipinski definition) is 3. The molecule has 0 saturated heterocycles. The minimum absolute atomic E-state index is 0.690. The van der Waals surface area contributed by atoms with Gasteiger partial charge in [-0.05, 0) is 41.8 Å². The molecule has 0 bridgehead atoms. The first-order chi connectivity index (χ1) is 10.1. The average molecular weight is 283 g/mol. The Balaban J connectivity index is 1.89. The van der Waals surface area contributed by atoms with Gasteiger partial charge in [0.05, 0.1) is 0 Å². The highest BCUT2D eigenvalue weighted by Gasteiger charge is 2.02. The van der Waals surface area contributed by atoms with Crippen LogP contribution in [0.2, 0.25) is 0 Å². The Morgan fingerprint density at radius 3 is 2.48 bits per heavy atom. The molecule has 0 spiro atoms. The summed E-state index contributed by atoms with van der Waals surface area (Å²) in [6.45, 7) is 7.32. The van der Waals surface area contributed by atoms with Crippen LogP contribution >= 0.6 is 0 Å². The van der Waals surface area contributed by atoms with Crippen LogP contribution in [0.1, 0.15) is 25.0 Å². The molecular weight excluding hydrogens is 258 g/mol. The van der Waals surface area contributed by atoms with E-state index in [9.17, 15) is 0 Å². The molecule has 0 aliphatic heterocycles. The van der Waals surface area contributed by atoms with E-state index in [2.05, 4.69) is 66.4 Å². The molecule has 0 amide bonds. The fraction of sp³-hybridized carbons (Fsp3) is 0.389. The van der Waals surface area contributed by atoms with Gasteiger partial charge in [0.15, 0.2) is 0 Å². The van der Waals surface area contributed by atoms with Gasteiger partial charge in [-0.3, -0.25) is 4.98 Å². The van der Waals surface area contributed by atoms with Crippen molar-refractivity contribution in [3.63, 3.8) is 0 Å². The van der Waals surface area contributed by atoms with E-state index in [4.69, 9.17) is 0 Å².